The van der Waals surface area contributed by atoms with E-state index >= 15 is 0 Å². The van der Waals surface area contributed by atoms with Crippen LogP contribution in [0.15, 0.2) is 24.3 Å². The molecule has 0 aliphatic heterocycles. The third-order valence-electron chi connectivity index (χ3n) is 2.87. The smallest absolute Gasteiger partial charge is 0.163 e. The van der Waals surface area contributed by atoms with Gasteiger partial charge >= 0.3 is 0 Å². The predicted octanol–water partition coefficient (Wildman–Crippen LogP) is 3.00. The van der Waals surface area contributed by atoms with Crippen molar-refractivity contribution in [2.45, 2.75) is 32.6 Å². The summed E-state index contributed by atoms with van der Waals surface area (Å²) < 4.78 is 36.1. The Labute approximate surface area is 113 Å². The fraction of sp³-hybridized carbons (Fsp3) is 0.500. The van der Waals surface area contributed by atoms with Crippen LogP contribution in [0.2, 0.25) is 0 Å². The number of unbranched alkanes of at least 4 members (excludes halogenated alkanes) is 2. The quantitative estimate of drug-likeness (QED) is 0.545. The van der Waals surface area contributed by atoms with Crippen LogP contribution in [-0.4, -0.2) is 25.7 Å². The van der Waals surface area contributed by atoms with E-state index in [4.69, 9.17) is 0 Å². The first-order valence-corrected chi connectivity index (χ1v) is 8.26. The van der Waals surface area contributed by atoms with Crippen molar-refractivity contribution in [1.29, 1.82) is 0 Å². The van der Waals surface area contributed by atoms with Gasteiger partial charge in [-0.2, -0.15) is 0 Å². The number of Topliss-reactive ketones (excluding diaryl/α,β-unsaturated/α-hetero) is 1. The van der Waals surface area contributed by atoms with E-state index in [2.05, 4.69) is 0 Å². The van der Waals surface area contributed by atoms with Gasteiger partial charge in [-0.05, 0) is 30.7 Å². The molecule has 0 aromatic heterocycles. The van der Waals surface area contributed by atoms with Gasteiger partial charge in [0.1, 0.15) is 5.82 Å². The van der Waals surface area contributed by atoms with Gasteiger partial charge in [-0.3, -0.25) is 4.79 Å². The molecule has 0 atom stereocenters. The minimum Gasteiger partial charge on any atom is -0.294 e. The summed E-state index contributed by atoms with van der Waals surface area (Å²) in [5.74, 6) is -0.674. The maximum absolute atomic E-state index is 12.7. The minimum absolute atomic E-state index is 0.0416. The summed E-state index contributed by atoms with van der Waals surface area (Å²) >= 11 is 0. The molecule has 0 aliphatic rings. The molecule has 5 heteroatoms. The number of benzene rings is 1. The molecule has 1 rings (SSSR count). The first kappa shape index (κ1) is 15.8. The van der Waals surface area contributed by atoms with Crippen molar-refractivity contribution in [3.8, 4) is 0 Å². The van der Waals surface area contributed by atoms with Crippen LogP contribution in [0.5, 0.6) is 0 Å². The van der Waals surface area contributed by atoms with Gasteiger partial charge in [0.25, 0.3) is 0 Å². The lowest BCUT2D eigenvalue weighted by Crippen LogP contribution is -2.14. The monoisotopic (exact) mass is 286 g/mol. The highest BCUT2D eigenvalue weighted by Crippen LogP contribution is 2.08. The first-order chi connectivity index (χ1) is 8.94. The van der Waals surface area contributed by atoms with Crippen molar-refractivity contribution in [2.75, 3.05) is 11.5 Å². The maximum Gasteiger partial charge on any atom is 0.163 e. The number of carbonyl (C=O) groups excluding carboxylic acids is 1. The average molecular weight is 286 g/mol. The van der Waals surface area contributed by atoms with Crippen LogP contribution in [0.3, 0.4) is 0 Å². The number of ketones is 1. The molecule has 106 valence electrons. The fourth-order valence-electron chi connectivity index (χ4n) is 1.70. The lowest BCUT2D eigenvalue weighted by Gasteiger charge is -2.04. The Morgan fingerprint density at radius 3 is 2.32 bits per heavy atom. The number of sulfone groups is 1. The molecule has 0 saturated heterocycles. The molecule has 1 aromatic rings. The van der Waals surface area contributed by atoms with Crippen LogP contribution in [0, 0.1) is 5.82 Å². The Kier molecular flexibility index (Phi) is 6.15. The molecular weight excluding hydrogens is 267 g/mol. The van der Waals surface area contributed by atoms with Crippen molar-refractivity contribution in [1.82, 2.24) is 0 Å². The van der Waals surface area contributed by atoms with E-state index in [1.54, 1.807) is 0 Å². The molecular formula is C14H19FO3S. The molecule has 1 aromatic carbocycles. The van der Waals surface area contributed by atoms with E-state index in [0.717, 1.165) is 12.8 Å². The molecule has 0 saturated carbocycles. The summed E-state index contributed by atoms with van der Waals surface area (Å²) in [6, 6.07) is 5.15. The van der Waals surface area contributed by atoms with Gasteiger partial charge in [-0.25, -0.2) is 12.8 Å². The molecule has 0 fully saturated rings. The topological polar surface area (TPSA) is 51.2 Å². The molecule has 0 bridgehead atoms. The number of halogens is 1. The Balaban J connectivity index is 2.47. The van der Waals surface area contributed by atoms with Gasteiger partial charge in [0.15, 0.2) is 15.6 Å². The number of rotatable bonds is 8. The predicted molar refractivity (Wildman–Crippen MR) is 73.5 cm³/mol. The van der Waals surface area contributed by atoms with Gasteiger partial charge in [-0.15, -0.1) is 0 Å². The van der Waals surface area contributed by atoms with E-state index in [1.165, 1.54) is 24.3 Å². The summed E-state index contributed by atoms with van der Waals surface area (Å²) in [7, 11) is -3.16. The number of hydrogen-bond donors (Lipinski definition) is 0. The molecule has 0 radical (unpaired) electrons. The molecule has 19 heavy (non-hydrogen) atoms. The fourth-order valence-corrected chi connectivity index (χ4v) is 3.05. The van der Waals surface area contributed by atoms with E-state index in [1.807, 2.05) is 6.92 Å². The molecule has 0 heterocycles. The summed E-state index contributed by atoms with van der Waals surface area (Å²) in [4.78, 5) is 11.7. The number of hydrogen-bond acceptors (Lipinski definition) is 3. The van der Waals surface area contributed by atoms with E-state index in [9.17, 15) is 17.6 Å². The molecule has 0 spiro atoms. The Morgan fingerprint density at radius 2 is 1.74 bits per heavy atom. The Bertz CT molecular complexity index is 506. The lowest BCUT2D eigenvalue weighted by molar-refractivity contribution is 0.0988. The highest BCUT2D eigenvalue weighted by molar-refractivity contribution is 7.91. The zero-order chi connectivity index (χ0) is 14.3. The number of carbonyl (C=O) groups is 1. The summed E-state index contributed by atoms with van der Waals surface area (Å²) in [6.45, 7) is 2.00. The average Bonchev–Trinajstić information content (AvgIpc) is 2.37. The third-order valence-corrected chi connectivity index (χ3v) is 4.60. The molecule has 0 amide bonds. The molecule has 0 N–H and O–H groups in total. The summed E-state index contributed by atoms with van der Waals surface area (Å²) in [6.07, 6.45) is 2.44. The van der Waals surface area contributed by atoms with Gasteiger partial charge in [-0.1, -0.05) is 19.8 Å². The molecule has 0 aliphatic carbocycles. The van der Waals surface area contributed by atoms with Crippen LogP contribution in [0.25, 0.3) is 0 Å². The SMILES string of the molecule is CCCCCS(=O)(=O)CCC(=O)c1ccc(F)cc1. The van der Waals surface area contributed by atoms with Crippen molar-refractivity contribution in [3.63, 3.8) is 0 Å². The molecule has 0 unspecified atom stereocenters. The van der Waals surface area contributed by atoms with Crippen molar-refractivity contribution in [2.24, 2.45) is 0 Å². The van der Waals surface area contributed by atoms with Gasteiger partial charge in [0.2, 0.25) is 0 Å². The highest BCUT2D eigenvalue weighted by Gasteiger charge is 2.14. The summed E-state index contributed by atoms with van der Waals surface area (Å²) in [5.41, 5.74) is 0.352. The van der Waals surface area contributed by atoms with Crippen LogP contribution in [-0.2, 0) is 9.84 Å². The third kappa shape index (κ3) is 5.96. The Hall–Kier alpha value is -1.23. The maximum atomic E-state index is 12.7. The van der Waals surface area contributed by atoms with Crippen molar-refractivity contribution < 1.29 is 17.6 Å². The normalized spacial score (nSPS) is 11.5. The Morgan fingerprint density at radius 1 is 1.11 bits per heavy atom. The molecule has 3 nitrogen and oxygen atoms in total. The van der Waals surface area contributed by atoms with Crippen LogP contribution in [0.1, 0.15) is 43.0 Å². The van der Waals surface area contributed by atoms with Crippen molar-refractivity contribution in [3.05, 3.63) is 35.6 Å². The van der Waals surface area contributed by atoms with Gasteiger partial charge in [0.05, 0.1) is 11.5 Å². The van der Waals surface area contributed by atoms with E-state index in [0.29, 0.717) is 12.0 Å². The van der Waals surface area contributed by atoms with Crippen LogP contribution in [0.4, 0.5) is 4.39 Å². The van der Waals surface area contributed by atoms with Crippen molar-refractivity contribution >= 4 is 15.6 Å². The lowest BCUT2D eigenvalue weighted by atomic mass is 10.1. The first-order valence-electron chi connectivity index (χ1n) is 6.44. The zero-order valence-corrected chi connectivity index (χ0v) is 11.9. The van der Waals surface area contributed by atoms with Gasteiger partial charge < -0.3 is 0 Å². The second kappa shape index (κ2) is 7.38. The van der Waals surface area contributed by atoms with Gasteiger partial charge in [0, 0.05) is 12.0 Å². The van der Waals surface area contributed by atoms with Crippen LogP contribution < -0.4 is 0 Å². The zero-order valence-electron chi connectivity index (χ0n) is 11.1. The van der Waals surface area contributed by atoms with E-state index in [-0.39, 0.29) is 23.7 Å². The largest absolute Gasteiger partial charge is 0.294 e. The second-order valence-corrected chi connectivity index (χ2v) is 6.84. The minimum atomic E-state index is -3.16. The summed E-state index contributed by atoms with van der Waals surface area (Å²) in [5, 5.41) is 0. The standard InChI is InChI=1S/C14H19FO3S/c1-2-3-4-10-19(17,18)11-9-14(16)12-5-7-13(15)8-6-12/h5-8H,2-4,9-11H2,1H3. The highest BCUT2D eigenvalue weighted by atomic mass is 32.2. The van der Waals surface area contributed by atoms with E-state index < -0.39 is 15.7 Å². The second-order valence-electron chi connectivity index (χ2n) is 4.54. The van der Waals surface area contributed by atoms with Crippen LogP contribution >= 0.6 is 0 Å².